The molecule has 0 aliphatic heterocycles. The van der Waals surface area contributed by atoms with Crippen LogP contribution in [0.4, 0.5) is 0 Å². The fraction of sp³-hybridized carbons (Fsp3) is 0. The molecule has 1 aromatic heterocycles. The van der Waals surface area contributed by atoms with E-state index in [9.17, 15) is 8.42 Å². The Morgan fingerprint density at radius 1 is 1.21 bits per heavy atom. The Balaban J connectivity index is 0.000000550. The van der Waals surface area contributed by atoms with E-state index in [1.807, 2.05) is 0 Å². The monoisotopic (exact) mass is 281 g/mol. The Bertz CT molecular complexity index is 644. The normalized spacial score (nSPS) is 10.2. The molecule has 8 heteroatoms. The zero-order valence-corrected chi connectivity index (χ0v) is 10.5. The molecule has 1 aromatic carbocycles. The van der Waals surface area contributed by atoms with Crippen molar-refractivity contribution < 1.29 is 18.3 Å². The highest BCUT2D eigenvalue weighted by molar-refractivity contribution is 7.89. The van der Waals surface area contributed by atoms with E-state index in [0.717, 1.165) is 0 Å². The first kappa shape index (κ1) is 14.7. The number of primary sulfonamides is 1. The highest BCUT2D eigenvalue weighted by Crippen LogP contribution is 2.23. The van der Waals surface area contributed by atoms with Crippen LogP contribution in [0.2, 0.25) is 0 Å². The van der Waals surface area contributed by atoms with Crippen LogP contribution in [-0.4, -0.2) is 30.0 Å². The zero-order chi connectivity index (χ0) is 14.3. The Labute approximate surface area is 109 Å². The average molecular weight is 281 g/mol. The summed E-state index contributed by atoms with van der Waals surface area (Å²) >= 11 is 0. The number of carbonyl (C=O) groups is 1. The van der Waals surface area contributed by atoms with Crippen LogP contribution >= 0.6 is 0 Å². The third kappa shape index (κ3) is 4.12. The van der Waals surface area contributed by atoms with Crippen molar-refractivity contribution in [3.05, 3.63) is 42.9 Å². The minimum Gasteiger partial charge on any atom is -0.483 e. The maximum atomic E-state index is 11.4. The molecule has 0 unspecified atom stereocenters. The first-order valence-corrected chi connectivity index (χ1v) is 6.51. The highest BCUT2D eigenvalue weighted by atomic mass is 32.2. The number of hydrogen-bond acceptors (Lipinski definition) is 5. The largest absolute Gasteiger partial charge is 0.483 e. The lowest BCUT2D eigenvalue weighted by Gasteiger charge is -2.05. The topological polar surface area (TPSA) is 123 Å². The maximum Gasteiger partial charge on any atom is 0.290 e. The molecule has 0 saturated heterocycles. The van der Waals surface area contributed by atoms with Crippen LogP contribution in [0.25, 0.3) is 11.3 Å². The van der Waals surface area contributed by atoms with Gasteiger partial charge in [0, 0.05) is 11.8 Å². The molecular formula is C11H11N3O4S. The standard InChI is InChI=1S/C10H9N3O2S.CH2O2/c11-16(14,15)10-4-2-1-3-8(10)9-5-6-12-7-13-9;2-1-3/h1-7H,(H2,11,14,15);1H,(H,2,3). The SMILES string of the molecule is NS(=O)(=O)c1ccccc1-c1ccncn1.O=CO. The van der Waals surface area contributed by atoms with Crippen molar-refractivity contribution in [2.45, 2.75) is 4.90 Å². The molecule has 0 amide bonds. The molecule has 0 bridgehead atoms. The summed E-state index contributed by atoms with van der Waals surface area (Å²) in [6.07, 6.45) is 2.90. The van der Waals surface area contributed by atoms with Gasteiger partial charge in [-0.05, 0) is 12.1 Å². The quantitative estimate of drug-likeness (QED) is 0.772. The average Bonchev–Trinajstić information content (AvgIpc) is 2.40. The summed E-state index contributed by atoms with van der Waals surface area (Å²) in [4.78, 5) is 16.2. The van der Waals surface area contributed by atoms with Crippen molar-refractivity contribution in [1.82, 2.24) is 9.97 Å². The fourth-order valence-corrected chi connectivity index (χ4v) is 2.12. The van der Waals surface area contributed by atoms with Crippen molar-refractivity contribution in [3.63, 3.8) is 0 Å². The van der Waals surface area contributed by atoms with Crippen LogP contribution in [0, 0.1) is 0 Å². The Morgan fingerprint density at radius 3 is 2.37 bits per heavy atom. The van der Waals surface area contributed by atoms with Gasteiger partial charge >= 0.3 is 0 Å². The van der Waals surface area contributed by atoms with Crippen molar-refractivity contribution >= 4 is 16.5 Å². The van der Waals surface area contributed by atoms with Gasteiger partial charge in [-0.25, -0.2) is 23.5 Å². The number of nitrogens with zero attached hydrogens (tertiary/aromatic N) is 2. The summed E-state index contributed by atoms with van der Waals surface area (Å²) in [5.41, 5.74) is 1.01. The third-order valence-electron chi connectivity index (χ3n) is 2.05. The Kier molecular flexibility index (Phi) is 5.10. The van der Waals surface area contributed by atoms with E-state index < -0.39 is 10.0 Å². The third-order valence-corrected chi connectivity index (χ3v) is 3.02. The molecule has 0 spiro atoms. The van der Waals surface area contributed by atoms with E-state index in [2.05, 4.69) is 9.97 Å². The van der Waals surface area contributed by atoms with Crippen LogP contribution in [0.5, 0.6) is 0 Å². The number of sulfonamides is 1. The number of hydrogen-bond donors (Lipinski definition) is 2. The van der Waals surface area contributed by atoms with Crippen LogP contribution < -0.4 is 5.14 Å². The Hall–Kier alpha value is -2.32. The van der Waals surface area contributed by atoms with Gasteiger partial charge in [-0.3, -0.25) is 4.79 Å². The van der Waals surface area contributed by atoms with Gasteiger partial charge in [0.05, 0.1) is 10.6 Å². The Morgan fingerprint density at radius 2 is 1.84 bits per heavy atom. The number of rotatable bonds is 2. The van der Waals surface area contributed by atoms with Crippen molar-refractivity contribution in [3.8, 4) is 11.3 Å². The molecule has 2 rings (SSSR count). The van der Waals surface area contributed by atoms with E-state index >= 15 is 0 Å². The molecule has 19 heavy (non-hydrogen) atoms. The van der Waals surface area contributed by atoms with Gasteiger partial charge in [-0.1, -0.05) is 18.2 Å². The molecule has 100 valence electrons. The number of nitrogens with two attached hydrogens (primary N) is 1. The lowest BCUT2D eigenvalue weighted by Crippen LogP contribution is -2.13. The molecule has 1 heterocycles. The number of carboxylic acid groups (broad SMARTS) is 1. The molecule has 7 nitrogen and oxygen atoms in total. The summed E-state index contributed by atoms with van der Waals surface area (Å²) in [6, 6.07) is 8.08. The predicted octanol–water partition coefficient (Wildman–Crippen LogP) is 0.492. The molecule has 3 N–H and O–H groups in total. The highest BCUT2D eigenvalue weighted by Gasteiger charge is 2.14. The van der Waals surface area contributed by atoms with Gasteiger partial charge in [0.15, 0.2) is 0 Å². The molecule has 2 aromatic rings. The van der Waals surface area contributed by atoms with Crippen LogP contribution in [0.3, 0.4) is 0 Å². The van der Waals surface area contributed by atoms with E-state index in [-0.39, 0.29) is 11.4 Å². The van der Waals surface area contributed by atoms with E-state index in [1.54, 1.807) is 30.5 Å². The molecule has 0 fully saturated rings. The summed E-state index contributed by atoms with van der Waals surface area (Å²) < 4.78 is 22.7. The summed E-state index contributed by atoms with van der Waals surface area (Å²) in [7, 11) is -3.74. The lowest BCUT2D eigenvalue weighted by atomic mass is 10.1. The number of benzene rings is 1. The maximum absolute atomic E-state index is 11.4. The predicted molar refractivity (Wildman–Crippen MR) is 67.5 cm³/mol. The second-order valence-electron chi connectivity index (χ2n) is 3.24. The first-order chi connectivity index (χ1) is 9.00. The first-order valence-electron chi connectivity index (χ1n) is 4.96. The van der Waals surface area contributed by atoms with Crippen molar-refractivity contribution in [2.75, 3.05) is 0 Å². The van der Waals surface area contributed by atoms with Crippen LogP contribution in [0.15, 0.2) is 47.8 Å². The van der Waals surface area contributed by atoms with E-state index in [1.165, 1.54) is 12.4 Å². The molecule has 0 aliphatic carbocycles. The van der Waals surface area contributed by atoms with Gasteiger partial charge in [0.1, 0.15) is 6.33 Å². The van der Waals surface area contributed by atoms with Crippen molar-refractivity contribution in [1.29, 1.82) is 0 Å². The summed E-state index contributed by atoms with van der Waals surface area (Å²) in [5, 5.41) is 12.0. The molecule has 0 atom stereocenters. The summed E-state index contributed by atoms with van der Waals surface area (Å²) in [5.74, 6) is 0. The minimum absolute atomic E-state index is 0.0636. The van der Waals surface area contributed by atoms with Gasteiger partial charge in [0.25, 0.3) is 6.47 Å². The molecule has 0 aliphatic rings. The smallest absolute Gasteiger partial charge is 0.290 e. The van der Waals surface area contributed by atoms with Gasteiger partial charge in [-0.2, -0.15) is 0 Å². The van der Waals surface area contributed by atoms with Crippen molar-refractivity contribution in [2.24, 2.45) is 5.14 Å². The van der Waals surface area contributed by atoms with Gasteiger partial charge in [-0.15, -0.1) is 0 Å². The van der Waals surface area contributed by atoms with E-state index in [0.29, 0.717) is 11.3 Å². The second-order valence-corrected chi connectivity index (χ2v) is 4.77. The minimum atomic E-state index is -3.74. The zero-order valence-electron chi connectivity index (χ0n) is 9.67. The molecule has 0 radical (unpaired) electrons. The fourth-order valence-electron chi connectivity index (χ4n) is 1.38. The second kappa shape index (κ2) is 6.57. The lowest BCUT2D eigenvalue weighted by molar-refractivity contribution is -0.122. The number of aromatic nitrogens is 2. The summed E-state index contributed by atoms with van der Waals surface area (Å²) in [6.45, 7) is -0.250. The molecule has 0 saturated carbocycles. The van der Waals surface area contributed by atoms with Crippen LogP contribution in [-0.2, 0) is 14.8 Å². The molecular weight excluding hydrogens is 270 g/mol. The van der Waals surface area contributed by atoms with Crippen LogP contribution in [0.1, 0.15) is 0 Å². The van der Waals surface area contributed by atoms with E-state index in [4.69, 9.17) is 15.0 Å². The van der Waals surface area contributed by atoms with Gasteiger partial charge in [0.2, 0.25) is 10.0 Å². The van der Waals surface area contributed by atoms with Gasteiger partial charge < -0.3 is 5.11 Å².